The average molecular weight is 420 g/mol. The minimum Gasteiger partial charge on any atom is -0.0616 e. The molecule has 0 N–H and O–H groups in total. The van der Waals surface area contributed by atoms with E-state index in [9.17, 15) is 0 Å². The summed E-state index contributed by atoms with van der Waals surface area (Å²) in [6.45, 7) is 4.74. The number of fused-ring (bicyclic) bond motifs is 8. The molecule has 0 spiro atoms. The van der Waals surface area contributed by atoms with Crippen molar-refractivity contribution < 1.29 is 0 Å². The van der Waals surface area contributed by atoms with E-state index in [0.29, 0.717) is 0 Å². The van der Waals surface area contributed by atoms with Gasteiger partial charge in [0, 0.05) is 8.99 Å². The molecule has 4 aromatic carbocycles. The van der Waals surface area contributed by atoms with Crippen molar-refractivity contribution >= 4 is 44.1 Å². The Labute approximate surface area is 155 Å². The standard InChI is InChI=1S/C23H17I/c1-23(2)20-13-14(24)11-12-19(20)21-17-9-5-3-7-15(17)16-8-4-6-10-18(16)22(21)23/h3-13H,1-2H3. The molecular weight excluding hydrogens is 403 g/mol. The van der Waals surface area contributed by atoms with Gasteiger partial charge in [-0.05, 0) is 78.5 Å². The molecule has 0 bridgehead atoms. The molecule has 0 aliphatic heterocycles. The zero-order chi connectivity index (χ0) is 16.5. The highest BCUT2D eigenvalue weighted by molar-refractivity contribution is 14.1. The first-order chi connectivity index (χ1) is 11.6. The summed E-state index contributed by atoms with van der Waals surface area (Å²) in [6.07, 6.45) is 0. The molecule has 0 heterocycles. The Morgan fingerprint density at radius 2 is 1.29 bits per heavy atom. The summed E-state index contributed by atoms with van der Waals surface area (Å²) in [6, 6.07) is 24.6. The Kier molecular flexibility index (Phi) is 2.91. The van der Waals surface area contributed by atoms with E-state index in [1.54, 1.807) is 0 Å². The third kappa shape index (κ3) is 1.74. The Bertz CT molecular complexity index is 1140. The predicted molar refractivity (Wildman–Crippen MR) is 112 cm³/mol. The van der Waals surface area contributed by atoms with Gasteiger partial charge in [-0.3, -0.25) is 0 Å². The van der Waals surface area contributed by atoms with E-state index >= 15 is 0 Å². The van der Waals surface area contributed by atoms with Crippen LogP contribution < -0.4 is 0 Å². The fourth-order valence-electron chi connectivity index (χ4n) is 4.46. The van der Waals surface area contributed by atoms with Crippen LogP contribution in [0.25, 0.3) is 32.7 Å². The molecule has 0 nitrogen and oxygen atoms in total. The van der Waals surface area contributed by atoms with Gasteiger partial charge in [-0.25, -0.2) is 0 Å². The van der Waals surface area contributed by atoms with Crippen molar-refractivity contribution in [2.45, 2.75) is 19.3 Å². The molecule has 0 atom stereocenters. The summed E-state index contributed by atoms with van der Waals surface area (Å²) in [5.41, 5.74) is 5.79. The smallest absolute Gasteiger partial charge is 0.0165 e. The highest BCUT2D eigenvalue weighted by atomic mass is 127. The first-order valence-corrected chi connectivity index (χ1v) is 9.41. The lowest BCUT2D eigenvalue weighted by Gasteiger charge is -2.24. The minimum absolute atomic E-state index is 0.0233. The van der Waals surface area contributed by atoms with Crippen LogP contribution in [0.15, 0.2) is 66.7 Å². The molecule has 0 amide bonds. The number of hydrogen-bond donors (Lipinski definition) is 0. The van der Waals surface area contributed by atoms with E-state index < -0.39 is 0 Å². The van der Waals surface area contributed by atoms with Crippen LogP contribution in [-0.2, 0) is 5.41 Å². The first-order valence-electron chi connectivity index (χ1n) is 8.33. The Morgan fingerprint density at radius 1 is 0.708 bits per heavy atom. The van der Waals surface area contributed by atoms with E-state index in [2.05, 4.69) is 103 Å². The lowest BCUT2D eigenvalue weighted by atomic mass is 9.79. The van der Waals surface area contributed by atoms with Gasteiger partial charge in [-0.1, -0.05) is 68.4 Å². The van der Waals surface area contributed by atoms with E-state index in [4.69, 9.17) is 0 Å². The maximum Gasteiger partial charge on any atom is 0.0165 e. The summed E-state index contributed by atoms with van der Waals surface area (Å²) in [5.74, 6) is 0. The van der Waals surface area contributed by atoms with Crippen molar-refractivity contribution in [2.75, 3.05) is 0 Å². The van der Waals surface area contributed by atoms with E-state index in [1.807, 2.05) is 0 Å². The second-order valence-electron chi connectivity index (χ2n) is 7.16. The highest BCUT2D eigenvalue weighted by Gasteiger charge is 2.38. The maximum absolute atomic E-state index is 2.43. The van der Waals surface area contributed by atoms with E-state index in [-0.39, 0.29) is 5.41 Å². The normalized spacial score (nSPS) is 14.8. The van der Waals surface area contributed by atoms with Crippen molar-refractivity contribution in [3.05, 3.63) is 81.4 Å². The maximum atomic E-state index is 2.43. The molecule has 0 aromatic heterocycles. The van der Waals surface area contributed by atoms with E-state index in [0.717, 1.165) is 0 Å². The Balaban J connectivity index is 2.10. The van der Waals surface area contributed by atoms with Crippen LogP contribution >= 0.6 is 22.6 Å². The SMILES string of the molecule is CC1(C)c2cc(I)ccc2-c2c1c1ccccc1c1ccccc21. The molecule has 1 aliphatic rings. The van der Waals surface area contributed by atoms with Crippen molar-refractivity contribution in [1.29, 1.82) is 0 Å². The van der Waals surface area contributed by atoms with Gasteiger partial charge in [0.05, 0.1) is 0 Å². The average Bonchev–Trinajstić information content (AvgIpc) is 2.83. The van der Waals surface area contributed by atoms with Gasteiger partial charge in [0.1, 0.15) is 0 Å². The lowest BCUT2D eigenvalue weighted by molar-refractivity contribution is 0.666. The van der Waals surface area contributed by atoms with Gasteiger partial charge in [0.25, 0.3) is 0 Å². The van der Waals surface area contributed by atoms with Crippen LogP contribution in [0.4, 0.5) is 0 Å². The molecule has 0 saturated carbocycles. The molecule has 0 saturated heterocycles. The van der Waals surface area contributed by atoms with Crippen LogP contribution in [0, 0.1) is 3.57 Å². The monoisotopic (exact) mass is 420 g/mol. The topological polar surface area (TPSA) is 0 Å². The van der Waals surface area contributed by atoms with Crippen molar-refractivity contribution in [1.82, 2.24) is 0 Å². The van der Waals surface area contributed by atoms with Gasteiger partial charge >= 0.3 is 0 Å². The summed E-state index contributed by atoms with van der Waals surface area (Å²) in [7, 11) is 0. The molecule has 1 aliphatic carbocycles. The molecular formula is C23H17I. The van der Waals surface area contributed by atoms with Crippen LogP contribution in [0.3, 0.4) is 0 Å². The van der Waals surface area contributed by atoms with Gasteiger partial charge in [0.15, 0.2) is 0 Å². The number of halogens is 1. The summed E-state index contributed by atoms with van der Waals surface area (Å²) >= 11 is 2.43. The van der Waals surface area contributed by atoms with Gasteiger partial charge in [-0.15, -0.1) is 0 Å². The van der Waals surface area contributed by atoms with Crippen molar-refractivity contribution in [3.63, 3.8) is 0 Å². The molecule has 0 unspecified atom stereocenters. The molecule has 24 heavy (non-hydrogen) atoms. The second-order valence-corrected chi connectivity index (χ2v) is 8.40. The van der Waals surface area contributed by atoms with E-state index in [1.165, 1.54) is 47.4 Å². The highest BCUT2D eigenvalue weighted by Crippen LogP contribution is 2.54. The third-order valence-corrected chi connectivity index (χ3v) is 6.15. The lowest BCUT2D eigenvalue weighted by Crippen LogP contribution is -2.15. The van der Waals surface area contributed by atoms with Crippen LogP contribution in [-0.4, -0.2) is 0 Å². The summed E-state index contributed by atoms with van der Waals surface area (Å²) in [5, 5.41) is 5.48. The van der Waals surface area contributed by atoms with Gasteiger partial charge < -0.3 is 0 Å². The largest absolute Gasteiger partial charge is 0.0616 e. The predicted octanol–water partition coefficient (Wildman–Crippen LogP) is 6.90. The zero-order valence-corrected chi connectivity index (χ0v) is 15.9. The third-order valence-electron chi connectivity index (χ3n) is 5.48. The van der Waals surface area contributed by atoms with Gasteiger partial charge in [0.2, 0.25) is 0 Å². The minimum atomic E-state index is 0.0233. The van der Waals surface area contributed by atoms with Crippen LogP contribution in [0.2, 0.25) is 0 Å². The second kappa shape index (κ2) is 4.82. The van der Waals surface area contributed by atoms with Crippen molar-refractivity contribution in [3.8, 4) is 11.1 Å². The molecule has 4 aromatic rings. The van der Waals surface area contributed by atoms with Crippen LogP contribution in [0.1, 0.15) is 25.0 Å². The Hall–Kier alpha value is -1.87. The van der Waals surface area contributed by atoms with Crippen LogP contribution in [0.5, 0.6) is 0 Å². The molecule has 0 radical (unpaired) electrons. The summed E-state index contributed by atoms with van der Waals surface area (Å²) < 4.78 is 1.31. The fraction of sp³-hybridized carbons (Fsp3) is 0.130. The molecule has 1 heteroatoms. The Morgan fingerprint density at radius 3 is 2.00 bits per heavy atom. The quantitative estimate of drug-likeness (QED) is 0.214. The number of benzene rings is 4. The molecule has 0 fully saturated rings. The molecule has 5 rings (SSSR count). The van der Waals surface area contributed by atoms with Crippen molar-refractivity contribution in [2.24, 2.45) is 0 Å². The summed E-state index contributed by atoms with van der Waals surface area (Å²) in [4.78, 5) is 0. The molecule has 116 valence electrons. The fourth-order valence-corrected chi connectivity index (χ4v) is 4.95. The zero-order valence-electron chi connectivity index (χ0n) is 13.7. The van der Waals surface area contributed by atoms with Gasteiger partial charge in [-0.2, -0.15) is 0 Å². The first kappa shape index (κ1) is 14.5. The number of rotatable bonds is 0. The number of hydrogen-bond acceptors (Lipinski definition) is 0.